The number of ether oxygens (including phenoxy) is 2. The first-order chi connectivity index (χ1) is 11.7. The molecule has 0 unspecified atom stereocenters. The number of nitrogens with one attached hydrogen (secondary N) is 1. The normalized spacial score (nSPS) is 18.5. The fourth-order valence-electron chi connectivity index (χ4n) is 3.29. The first kappa shape index (κ1) is 17.5. The van der Waals surface area contributed by atoms with Crippen molar-refractivity contribution in [2.24, 2.45) is 0 Å². The van der Waals surface area contributed by atoms with Crippen molar-refractivity contribution in [1.82, 2.24) is 15.2 Å². The second kappa shape index (κ2) is 6.20. The number of fused-ring (bicyclic) bond motifs is 1. The lowest BCUT2D eigenvalue weighted by Gasteiger charge is -2.38. The summed E-state index contributed by atoms with van der Waals surface area (Å²) in [6, 6.07) is 1.79. The quantitative estimate of drug-likeness (QED) is 0.842. The lowest BCUT2D eigenvalue weighted by atomic mass is 9.87. The summed E-state index contributed by atoms with van der Waals surface area (Å²) in [7, 11) is 1.58. The molecule has 136 valence electrons. The SMILES string of the molecule is CNC(=O)c1cc2c(cn1)OC1(CCN(C(=O)OC(C)(C)C)CC1)C2. The Labute approximate surface area is 147 Å². The van der Waals surface area contributed by atoms with Crippen LogP contribution in [0.1, 0.15) is 49.7 Å². The van der Waals surface area contributed by atoms with Gasteiger partial charge >= 0.3 is 6.09 Å². The van der Waals surface area contributed by atoms with Crippen molar-refractivity contribution in [3.8, 4) is 5.75 Å². The summed E-state index contributed by atoms with van der Waals surface area (Å²) in [6.45, 7) is 6.79. The third-order valence-corrected chi connectivity index (χ3v) is 4.57. The zero-order valence-corrected chi connectivity index (χ0v) is 15.2. The molecule has 0 bridgehead atoms. The van der Waals surface area contributed by atoms with Crippen molar-refractivity contribution in [2.75, 3.05) is 20.1 Å². The summed E-state index contributed by atoms with van der Waals surface area (Å²) in [5.74, 6) is 0.530. The number of pyridine rings is 1. The van der Waals surface area contributed by atoms with E-state index < -0.39 is 5.60 Å². The molecule has 2 aliphatic rings. The van der Waals surface area contributed by atoms with Crippen LogP contribution in [-0.2, 0) is 11.2 Å². The van der Waals surface area contributed by atoms with Crippen molar-refractivity contribution < 1.29 is 19.1 Å². The minimum absolute atomic E-state index is 0.205. The van der Waals surface area contributed by atoms with Crippen LogP contribution in [0.5, 0.6) is 5.75 Å². The average Bonchev–Trinajstić information content (AvgIpc) is 2.89. The molecule has 1 aromatic rings. The van der Waals surface area contributed by atoms with Crippen LogP contribution >= 0.6 is 0 Å². The molecule has 3 heterocycles. The highest BCUT2D eigenvalue weighted by atomic mass is 16.6. The van der Waals surface area contributed by atoms with Crippen molar-refractivity contribution in [3.05, 3.63) is 23.5 Å². The highest BCUT2D eigenvalue weighted by Crippen LogP contribution is 2.41. The molecular formula is C18H25N3O4. The molecule has 1 fully saturated rings. The summed E-state index contributed by atoms with van der Waals surface area (Å²) in [6.07, 6.45) is 3.54. The van der Waals surface area contributed by atoms with Crippen molar-refractivity contribution >= 4 is 12.0 Å². The van der Waals surface area contributed by atoms with Gasteiger partial charge in [-0.1, -0.05) is 0 Å². The first-order valence-electron chi connectivity index (χ1n) is 8.59. The molecular weight excluding hydrogens is 322 g/mol. The van der Waals surface area contributed by atoms with Gasteiger partial charge in [0.25, 0.3) is 5.91 Å². The maximum atomic E-state index is 12.2. The second-order valence-corrected chi connectivity index (χ2v) is 7.69. The van der Waals surface area contributed by atoms with E-state index in [4.69, 9.17) is 9.47 Å². The number of carbonyl (C=O) groups excluding carboxylic acids is 2. The van der Waals surface area contributed by atoms with E-state index in [2.05, 4.69) is 10.3 Å². The molecule has 1 saturated heterocycles. The Morgan fingerprint density at radius 1 is 1.32 bits per heavy atom. The van der Waals surface area contributed by atoms with Crippen molar-refractivity contribution in [3.63, 3.8) is 0 Å². The number of hydrogen-bond donors (Lipinski definition) is 1. The van der Waals surface area contributed by atoms with Gasteiger partial charge in [-0.15, -0.1) is 0 Å². The highest BCUT2D eigenvalue weighted by molar-refractivity contribution is 5.92. The Morgan fingerprint density at radius 3 is 2.60 bits per heavy atom. The Morgan fingerprint density at radius 2 is 2.00 bits per heavy atom. The van der Waals surface area contributed by atoms with Crippen LogP contribution in [0.3, 0.4) is 0 Å². The largest absolute Gasteiger partial charge is 0.485 e. The summed E-state index contributed by atoms with van der Waals surface area (Å²) >= 11 is 0. The van der Waals surface area contributed by atoms with E-state index in [9.17, 15) is 9.59 Å². The van der Waals surface area contributed by atoms with Gasteiger partial charge < -0.3 is 19.7 Å². The number of amides is 2. The summed E-state index contributed by atoms with van der Waals surface area (Å²) in [5.41, 5.74) is 0.588. The molecule has 0 radical (unpaired) electrons. The van der Waals surface area contributed by atoms with Crippen LogP contribution in [0.15, 0.2) is 12.3 Å². The van der Waals surface area contributed by atoms with E-state index in [0.29, 0.717) is 18.8 Å². The van der Waals surface area contributed by atoms with Gasteiger partial charge in [-0.05, 0) is 26.8 Å². The lowest BCUT2D eigenvalue weighted by Crippen LogP contribution is -2.50. The molecule has 0 aliphatic carbocycles. The Kier molecular flexibility index (Phi) is 4.34. The van der Waals surface area contributed by atoms with E-state index in [1.807, 2.05) is 20.8 Å². The molecule has 0 aromatic carbocycles. The average molecular weight is 347 g/mol. The molecule has 1 aromatic heterocycles. The zero-order chi connectivity index (χ0) is 18.2. The highest BCUT2D eigenvalue weighted by Gasteiger charge is 2.43. The molecule has 2 aliphatic heterocycles. The third-order valence-electron chi connectivity index (χ3n) is 4.57. The molecule has 7 heteroatoms. The number of aromatic nitrogens is 1. The predicted octanol–water partition coefficient (Wildman–Crippen LogP) is 2.15. The Balaban J connectivity index is 1.64. The fraction of sp³-hybridized carbons (Fsp3) is 0.611. The topological polar surface area (TPSA) is 80.8 Å². The first-order valence-corrected chi connectivity index (χ1v) is 8.59. The molecule has 0 atom stereocenters. The standard InChI is InChI=1S/C18H25N3O4/c1-17(2,3)25-16(23)21-7-5-18(6-8-21)10-12-9-13(15(22)19-4)20-11-14(12)24-18/h9,11H,5-8,10H2,1-4H3,(H,19,22). The number of hydrogen-bond acceptors (Lipinski definition) is 5. The van der Waals surface area contributed by atoms with Gasteiger partial charge in [-0.25, -0.2) is 9.78 Å². The summed E-state index contributed by atoms with van der Waals surface area (Å²) in [4.78, 5) is 29.8. The van der Waals surface area contributed by atoms with Crippen molar-refractivity contribution in [2.45, 2.75) is 51.2 Å². The van der Waals surface area contributed by atoms with Crippen LogP contribution in [0.25, 0.3) is 0 Å². The van der Waals surface area contributed by atoms with E-state index in [1.165, 1.54) is 0 Å². The number of nitrogens with zero attached hydrogens (tertiary/aromatic N) is 2. The van der Waals surface area contributed by atoms with Gasteiger partial charge in [0.05, 0.1) is 6.20 Å². The molecule has 1 spiro atoms. The van der Waals surface area contributed by atoms with Gasteiger partial charge in [0.15, 0.2) is 0 Å². The van der Waals surface area contributed by atoms with Crippen LogP contribution in [0.4, 0.5) is 4.79 Å². The van der Waals surface area contributed by atoms with Gasteiger partial charge in [0.2, 0.25) is 0 Å². The Bertz CT molecular complexity index is 688. The number of carbonyl (C=O) groups is 2. The van der Waals surface area contributed by atoms with Gasteiger partial charge in [-0.2, -0.15) is 0 Å². The summed E-state index contributed by atoms with van der Waals surface area (Å²) in [5, 5.41) is 2.58. The maximum Gasteiger partial charge on any atom is 0.410 e. The van der Waals surface area contributed by atoms with Crippen LogP contribution in [-0.4, -0.2) is 53.2 Å². The Hall–Kier alpha value is -2.31. The second-order valence-electron chi connectivity index (χ2n) is 7.69. The van der Waals surface area contributed by atoms with E-state index in [-0.39, 0.29) is 17.6 Å². The molecule has 1 N–H and O–H groups in total. The number of rotatable bonds is 1. The minimum Gasteiger partial charge on any atom is -0.485 e. The molecule has 0 saturated carbocycles. The zero-order valence-electron chi connectivity index (χ0n) is 15.2. The number of piperidine rings is 1. The summed E-state index contributed by atoms with van der Waals surface area (Å²) < 4.78 is 11.6. The smallest absolute Gasteiger partial charge is 0.410 e. The predicted molar refractivity (Wildman–Crippen MR) is 91.7 cm³/mol. The maximum absolute atomic E-state index is 12.2. The number of likely N-dealkylation sites (tertiary alicyclic amines) is 1. The fourth-order valence-corrected chi connectivity index (χ4v) is 3.29. The minimum atomic E-state index is -0.492. The van der Waals surface area contributed by atoms with Crippen LogP contribution in [0, 0.1) is 0 Å². The van der Waals surface area contributed by atoms with Crippen molar-refractivity contribution in [1.29, 1.82) is 0 Å². The van der Waals surface area contributed by atoms with E-state index in [1.54, 1.807) is 24.2 Å². The van der Waals surface area contributed by atoms with Gasteiger partial charge in [0, 0.05) is 45.0 Å². The monoisotopic (exact) mass is 347 g/mol. The van der Waals surface area contributed by atoms with Crippen LogP contribution < -0.4 is 10.1 Å². The lowest BCUT2D eigenvalue weighted by molar-refractivity contribution is -0.00894. The molecule has 25 heavy (non-hydrogen) atoms. The van der Waals surface area contributed by atoms with E-state index in [0.717, 1.165) is 30.6 Å². The van der Waals surface area contributed by atoms with Crippen LogP contribution in [0.2, 0.25) is 0 Å². The third kappa shape index (κ3) is 3.70. The van der Waals surface area contributed by atoms with Gasteiger partial charge in [-0.3, -0.25) is 4.79 Å². The molecule has 2 amide bonds. The van der Waals surface area contributed by atoms with E-state index >= 15 is 0 Å². The molecule has 3 rings (SSSR count). The molecule has 7 nitrogen and oxygen atoms in total. The van der Waals surface area contributed by atoms with Gasteiger partial charge in [0.1, 0.15) is 22.6 Å².